The Bertz CT molecular complexity index is 387. The molecule has 18 heavy (non-hydrogen) atoms. The molecule has 0 aliphatic carbocycles. The van der Waals surface area contributed by atoms with Gasteiger partial charge in [-0.2, -0.15) is 5.10 Å². The van der Waals surface area contributed by atoms with Crippen LogP contribution in [0.3, 0.4) is 0 Å². The van der Waals surface area contributed by atoms with Crippen LogP contribution in [0.25, 0.3) is 0 Å². The molecule has 0 radical (unpaired) electrons. The van der Waals surface area contributed by atoms with Crippen LogP contribution in [0.4, 0.5) is 0 Å². The SMILES string of the molecule is CCCC/C(=N/NC(=S)NCC)c1ccccc1. The number of hydrogen-bond donors (Lipinski definition) is 2. The zero-order chi connectivity index (χ0) is 13.2. The Kier molecular flexibility index (Phi) is 7.03. The van der Waals surface area contributed by atoms with Crippen molar-refractivity contribution in [2.75, 3.05) is 6.54 Å². The van der Waals surface area contributed by atoms with E-state index in [0.29, 0.717) is 5.11 Å². The fourth-order valence-electron chi connectivity index (χ4n) is 1.56. The van der Waals surface area contributed by atoms with Crippen molar-refractivity contribution in [1.29, 1.82) is 0 Å². The van der Waals surface area contributed by atoms with Crippen LogP contribution in [0.5, 0.6) is 0 Å². The molecule has 0 aliphatic rings. The maximum absolute atomic E-state index is 5.10. The van der Waals surface area contributed by atoms with Crippen LogP contribution < -0.4 is 10.7 Å². The van der Waals surface area contributed by atoms with E-state index in [4.69, 9.17) is 12.2 Å². The molecule has 0 heterocycles. The summed E-state index contributed by atoms with van der Waals surface area (Å²) in [4.78, 5) is 0. The van der Waals surface area contributed by atoms with E-state index in [1.165, 1.54) is 0 Å². The summed E-state index contributed by atoms with van der Waals surface area (Å²) in [6.07, 6.45) is 3.25. The highest BCUT2D eigenvalue weighted by molar-refractivity contribution is 7.80. The van der Waals surface area contributed by atoms with E-state index in [2.05, 4.69) is 34.9 Å². The van der Waals surface area contributed by atoms with Crippen molar-refractivity contribution in [2.24, 2.45) is 5.10 Å². The van der Waals surface area contributed by atoms with Gasteiger partial charge in [0.1, 0.15) is 0 Å². The van der Waals surface area contributed by atoms with Gasteiger partial charge < -0.3 is 5.32 Å². The average molecular weight is 263 g/mol. The Balaban J connectivity index is 2.72. The monoisotopic (exact) mass is 263 g/mol. The number of nitrogens with zero attached hydrogens (tertiary/aromatic N) is 1. The lowest BCUT2D eigenvalue weighted by Gasteiger charge is -2.08. The normalized spacial score (nSPS) is 11.1. The molecule has 0 amide bonds. The molecule has 0 unspecified atom stereocenters. The molecular formula is C14H21N3S. The molecule has 1 aromatic carbocycles. The van der Waals surface area contributed by atoms with Gasteiger partial charge in [-0.1, -0.05) is 43.7 Å². The number of thiocarbonyl (C=S) groups is 1. The molecule has 0 aromatic heterocycles. The molecule has 0 fully saturated rings. The number of nitrogens with one attached hydrogen (secondary N) is 2. The predicted octanol–water partition coefficient (Wildman–Crippen LogP) is 3.06. The Morgan fingerprint density at radius 2 is 1.94 bits per heavy atom. The third-order valence-corrected chi connectivity index (χ3v) is 2.74. The molecule has 0 saturated heterocycles. The molecular weight excluding hydrogens is 242 g/mol. The molecule has 4 heteroatoms. The molecule has 0 atom stereocenters. The van der Waals surface area contributed by atoms with Crippen molar-refractivity contribution >= 4 is 23.0 Å². The van der Waals surface area contributed by atoms with Crippen molar-refractivity contribution in [1.82, 2.24) is 10.7 Å². The van der Waals surface area contributed by atoms with Crippen LogP contribution >= 0.6 is 12.2 Å². The zero-order valence-corrected chi connectivity index (χ0v) is 11.9. The second-order valence-electron chi connectivity index (χ2n) is 4.00. The highest BCUT2D eigenvalue weighted by Crippen LogP contribution is 2.07. The Labute approximate surface area is 115 Å². The molecule has 0 saturated carbocycles. The minimum absolute atomic E-state index is 0.572. The summed E-state index contributed by atoms with van der Waals surface area (Å²) in [5.41, 5.74) is 5.10. The smallest absolute Gasteiger partial charge is 0.186 e. The van der Waals surface area contributed by atoms with E-state index in [0.717, 1.165) is 37.1 Å². The third kappa shape index (κ3) is 5.27. The molecule has 98 valence electrons. The highest BCUT2D eigenvalue weighted by Gasteiger charge is 2.03. The number of hydrazone groups is 1. The summed E-state index contributed by atoms with van der Waals surface area (Å²) in [7, 11) is 0. The quantitative estimate of drug-likeness (QED) is 0.470. The third-order valence-electron chi connectivity index (χ3n) is 2.50. The van der Waals surface area contributed by atoms with Gasteiger partial charge >= 0.3 is 0 Å². The zero-order valence-electron chi connectivity index (χ0n) is 11.1. The topological polar surface area (TPSA) is 36.4 Å². The van der Waals surface area contributed by atoms with Crippen LogP contribution in [0.1, 0.15) is 38.7 Å². The van der Waals surface area contributed by atoms with E-state index >= 15 is 0 Å². The first kappa shape index (κ1) is 14.6. The number of unbranched alkanes of at least 4 members (excludes halogenated alkanes) is 1. The molecule has 0 spiro atoms. The van der Waals surface area contributed by atoms with Gasteiger partial charge in [-0.05, 0) is 37.5 Å². The van der Waals surface area contributed by atoms with Gasteiger partial charge in [0, 0.05) is 6.54 Å². The second-order valence-corrected chi connectivity index (χ2v) is 4.41. The maximum Gasteiger partial charge on any atom is 0.186 e. The fraction of sp³-hybridized carbons (Fsp3) is 0.429. The van der Waals surface area contributed by atoms with Crippen LogP contribution in [-0.2, 0) is 0 Å². The van der Waals surface area contributed by atoms with Crippen molar-refractivity contribution in [3.05, 3.63) is 35.9 Å². The standard InChI is InChI=1S/C14H21N3S/c1-3-5-11-13(12-9-7-6-8-10-12)16-17-14(18)15-4-2/h6-10H,3-5,11H2,1-2H3,(H2,15,17,18)/b16-13-. The van der Waals surface area contributed by atoms with Crippen molar-refractivity contribution in [3.8, 4) is 0 Å². The lowest BCUT2D eigenvalue weighted by Crippen LogP contribution is -2.32. The second kappa shape index (κ2) is 8.64. The molecule has 2 N–H and O–H groups in total. The predicted molar refractivity (Wildman–Crippen MR) is 81.9 cm³/mol. The lowest BCUT2D eigenvalue weighted by molar-refractivity contribution is 0.824. The Morgan fingerprint density at radius 1 is 1.22 bits per heavy atom. The van der Waals surface area contributed by atoms with Gasteiger partial charge in [0.2, 0.25) is 0 Å². The minimum Gasteiger partial charge on any atom is -0.362 e. The summed E-state index contributed by atoms with van der Waals surface area (Å²) in [6, 6.07) is 10.2. The largest absolute Gasteiger partial charge is 0.362 e. The first-order valence-electron chi connectivity index (χ1n) is 6.43. The van der Waals surface area contributed by atoms with E-state index in [-0.39, 0.29) is 0 Å². The Hall–Kier alpha value is -1.42. The first-order chi connectivity index (χ1) is 8.77. The van der Waals surface area contributed by atoms with Crippen LogP contribution in [0.15, 0.2) is 35.4 Å². The summed E-state index contributed by atoms with van der Waals surface area (Å²) < 4.78 is 0. The molecule has 0 bridgehead atoms. The van der Waals surface area contributed by atoms with Gasteiger partial charge in [0.05, 0.1) is 5.71 Å². The number of benzene rings is 1. The van der Waals surface area contributed by atoms with Crippen LogP contribution in [-0.4, -0.2) is 17.4 Å². The summed E-state index contributed by atoms with van der Waals surface area (Å²) in [5, 5.41) is 8.01. The highest BCUT2D eigenvalue weighted by atomic mass is 32.1. The fourth-order valence-corrected chi connectivity index (χ4v) is 1.75. The van der Waals surface area contributed by atoms with E-state index < -0.39 is 0 Å². The van der Waals surface area contributed by atoms with Gasteiger partial charge in [0.15, 0.2) is 5.11 Å². The van der Waals surface area contributed by atoms with Gasteiger partial charge in [-0.15, -0.1) is 0 Å². The molecule has 0 aliphatic heterocycles. The number of rotatable bonds is 6. The first-order valence-corrected chi connectivity index (χ1v) is 6.84. The van der Waals surface area contributed by atoms with Crippen LogP contribution in [0, 0.1) is 0 Å². The molecule has 1 aromatic rings. The lowest BCUT2D eigenvalue weighted by atomic mass is 10.1. The van der Waals surface area contributed by atoms with Gasteiger partial charge in [0.25, 0.3) is 0 Å². The molecule has 3 nitrogen and oxygen atoms in total. The van der Waals surface area contributed by atoms with Crippen LogP contribution in [0.2, 0.25) is 0 Å². The molecule has 1 rings (SSSR count). The summed E-state index contributed by atoms with van der Waals surface area (Å²) in [5.74, 6) is 0. The van der Waals surface area contributed by atoms with E-state index in [1.54, 1.807) is 0 Å². The van der Waals surface area contributed by atoms with Crippen molar-refractivity contribution < 1.29 is 0 Å². The van der Waals surface area contributed by atoms with E-state index in [9.17, 15) is 0 Å². The van der Waals surface area contributed by atoms with E-state index in [1.807, 2.05) is 25.1 Å². The van der Waals surface area contributed by atoms with Gasteiger partial charge in [-0.3, -0.25) is 5.43 Å². The maximum atomic E-state index is 5.10. The van der Waals surface area contributed by atoms with Gasteiger partial charge in [-0.25, -0.2) is 0 Å². The average Bonchev–Trinajstić information content (AvgIpc) is 2.40. The minimum atomic E-state index is 0.572. The summed E-state index contributed by atoms with van der Waals surface area (Å²) in [6.45, 7) is 4.99. The summed E-state index contributed by atoms with van der Waals surface area (Å²) >= 11 is 5.10. The Morgan fingerprint density at radius 3 is 2.56 bits per heavy atom. The van der Waals surface area contributed by atoms with Crippen molar-refractivity contribution in [2.45, 2.75) is 33.1 Å². The number of hydrogen-bond acceptors (Lipinski definition) is 2. The van der Waals surface area contributed by atoms with Crippen molar-refractivity contribution in [3.63, 3.8) is 0 Å².